The predicted octanol–water partition coefficient (Wildman–Crippen LogP) is 4.43. The third kappa shape index (κ3) is 4.70. The molecule has 1 fully saturated rings. The molecule has 1 atom stereocenters. The van der Waals surface area contributed by atoms with Gasteiger partial charge in [-0.05, 0) is 44.5 Å². The molecule has 0 aliphatic carbocycles. The minimum Gasteiger partial charge on any atom is -0.496 e. The number of carbonyl (C=O) groups is 1. The molecule has 0 radical (unpaired) electrons. The highest BCUT2D eigenvalue weighted by atomic mass is 32.1. The third-order valence-electron chi connectivity index (χ3n) is 5.17. The molecule has 1 N–H and O–H groups in total. The van der Waals surface area contributed by atoms with Crippen LogP contribution in [0.2, 0.25) is 0 Å². The van der Waals surface area contributed by atoms with Crippen LogP contribution in [0.5, 0.6) is 5.75 Å². The van der Waals surface area contributed by atoms with Gasteiger partial charge in [0.15, 0.2) is 5.13 Å². The predicted molar refractivity (Wildman–Crippen MR) is 121 cm³/mol. The maximum absolute atomic E-state index is 13.2. The molecule has 1 aliphatic rings. The van der Waals surface area contributed by atoms with Gasteiger partial charge in [0.25, 0.3) is 5.91 Å². The van der Waals surface area contributed by atoms with Crippen molar-refractivity contribution in [2.24, 2.45) is 0 Å². The van der Waals surface area contributed by atoms with Crippen LogP contribution in [0.15, 0.2) is 35.7 Å². The zero-order valence-electron chi connectivity index (χ0n) is 18.1. The van der Waals surface area contributed by atoms with E-state index in [0.717, 1.165) is 33.5 Å². The number of benzene rings is 1. The number of pyridine rings is 1. The summed E-state index contributed by atoms with van der Waals surface area (Å²) in [5, 5.41) is 6.18. The quantitative estimate of drug-likeness (QED) is 0.635. The molecule has 2 aromatic heterocycles. The number of hydrogen-bond donors (Lipinski definition) is 1. The molecule has 4 rings (SSSR count). The summed E-state index contributed by atoms with van der Waals surface area (Å²) >= 11 is 1.56. The number of nitrogens with one attached hydrogen (secondary N) is 1. The van der Waals surface area contributed by atoms with E-state index in [9.17, 15) is 4.79 Å². The second-order valence-corrected chi connectivity index (χ2v) is 8.47. The minimum atomic E-state index is -0.299. The number of para-hydroxylation sites is 1. The number of thiazole rings is 1. The highest BCUT2D eigenvalue weighted by Crippen LogP contribution is 2.29. The number of methoxy groups -OCH3 is 1. The maximum atomic E-state index is 13.2. The fraction of sp³-hybridized carbons (Fsp3) is 0.348. The molecule has 162 valence electrons. The number of aromatic nitrogens is 2. The largest absolute Gasteiger partial charge is 0.496 e. The first-order valence-electron chi connectivity index (χ1n) is 10.2. The topological polar surface area (TPSA) is 76.6 Å². The van der Waals surface area contributed by atoms with E-state index >= 15 is 0 Å². The number of aryl methyl sites for hydroxylation is 3. The van der Waals surface area contributed by atoms with Crippen molar-refractivity contribution < 1.29 is 14.3 Å². The molecule has 7 nitrogen and oxygen atoms in total. The first kappa shape index (κ1) is 21.3. The number of ether oxygens (including phenoxy) is 2. The number of rotatable bonds is 5. The lowest BCUT2D eigenvalue weighted by Crippen LogP contribution is -2.42. The summed E-state index contributed by atoms with van der Waals surface area (Å²) in [6, 6.07) is 9.57. The lowest BCUT2D eigenvalue weighted by Gasteiger charge is -2.33. The van der Waals surface area contributed by atoms with Gasteiger partial charge >= 0.3 is 0 Å². The van der Waals surface area contributed by atoms with Crippen LogP contribution in [-0.2, 0) is 4.74 Å². The van der Waals surface area contributed by atoms with Crippen molar-refractivity contribution in [3.05, 3.63) is 63.9 Å². The van der Waals surface area contributed by atoms with Crippen molar-refractivity contribution >= 4 is 28.1 Å². The van der Waals surface area contributed by atoms with Crippen LogP contribution in [0.1, 0.15) is 39.1 Å². The van der Waals surface area contributed by atoms with Crippen LogP contribution in [0.3, 0.4) is 0 Å². The fourth-order valence-electron chi connectivity index (χ4n) is 3.74. The zero-order chi connectivity index (χ0) is 22.0. The SMILES string of the molecule is COc1c(C)cccc1C(=O)N1CCO[C@H](c2cc(Nc3nc(C)cs3)cc(C)n2)C1. The Morgan fingerprint density at radius 3 is 2.81 bits per heavy atom. The summed E-state index contributed by atoms with van der Waals surface area (Å²) in [6.07, 6.45) is -0.299. The van der Waals surface area contributed by atoms with Crippen LogP contribution < -0.4 is 10.1 Å². The van der Waals surface area contributed by atoms with E-state index in [1.807, 2.05) is 61.4 Å². The Hall–Kier alpha value is -2.97. The first-order valence-corrected chi connectivity index (χ1v) is 11.0. The second-order valence-electron chi connectivity index (χ2n) is 7.61. The van der Waals surface area contributed by atoms with Gasteiger partial charge in [-0.25, -0.2) is 4.98 Å². The molecular weight excluding hydrogens is 412 g/mol. The van der Waals surface area contributed by atoms with Gasteiger partial charge in [-0.15, -0.1) is 11.3 Å². The molecule has 1 saturated heterocycles. The zero-order valence-corrected chi connectivity index (χ0v) is 19.0. The summed E-state index contributed by atoms with van der Waals surface area (Å²) in [5.74, 6) is 0.563. The van der Waals surface area contributed by atoms with Crippen LogP contribution in [-0.4, -0.2) is 47.6 Å². The van der Waals surface area contributed by atoms with Crippen molar-refractivity contribution in [3.8, 4) is 5.75 Å². The Balaban J connectivity index is 1.55. The number of carbonyl (C=O) groups excluding carboxylic acids is 1. The summed E-state index contributed by atoms with van der Waals surface area (Å²) in [5.41, 5.74) is 5.07. The molecule has 0 bridgehead atoms. The minimum absolute atomic E-state index is 0.0573. The van der Waals surface area contributed by atoms with E-state index in [0.29, 0.717) is 31.0 Å². The molecule has 0 unspecified atom stereocenters. The molecule has 1 amide bonds. The van der Waals surface area contributed by atoms with Gasteiger partial charge in [0.05, 0.1) is 37.2 Å². The average molecular weight is 439 g/mol. The Labute approximate surface area is 186 Å². The number of anilines is 2. The molecule has 8 heteroatoms. The number of amides is 1. The van der Waals surface area contributed by atoms with Gasteiger partial charge in [-0.3, -0.25) is 9.78 Å². The molecule has 3 aromatic rings. The van der Waals surface area contributed by atoms with Crippen molar-refractivity contribution in [3.63, 3.8) is 0 Å². The third-order valence-corrected chi connectivity index (χ3v) is 6.05. The maximum Gasteiger partial charge on any atom is 0.257 e. The van der Waals surface area contributed by atoms with E-state index in [1.54, 1.807) is 18.4 Å². The van der Waals surface area contributed by atoms with E-state index < -0.39 is 0 Å². The average Bonchev–Trinajstić information content (AvgIpc) is 3.17. The van der Waals surface area contributed by atoms with Gasteiger partial charge in [0, 0.05) is 23.3 Å². The van der Waals surface area contributed by atoms with Crippen molar-refractivity contribution in [1.82, 2.24) is 14.9 Å². The molecular formula is C23H26N4O3S. The van der Waals surface area contributed by atoms with Crippen LogP contribution in [0.4, 0.5) is 10.8 Å². The molecule has 1 aliphatic heterocycles. The second kappa shape index (κ2) is 9.03. The molecule has 0 spiro atoms. The fourth-order valence-corrected chi connectivity index (χ4v) is 4.45. The molecule has 1 aromatic carbocycles. The van der Waals surface area contributed by atoms with Crippen molar-refractivity contribution in [2.75, 3.05) is 32.1 Å². The summed E-state index contributed by atoms with van der Waals surface area (Å²) < 4.78 is 11.5. The van der Waals surface area contributed by atoms with Gasteiger partial charge in [-0.2, -0.15) is 0 Å². The number of nitrogens with zero attached hydrogens (tertiary/aromatic N) is 3. The van der Waals surface area contributed by atoms with Crippen molar-refractivity contribution in [1.29, 1.82) is 0 Å². The van der Waals surface area contributed by atoms with Crippen molar-refractivity contribution in [2.45, 2.75) is 26.9 Å². The Bertz CT molecular complexity index is 1100. The lowest BCUT2D eigenvalue weighted by molar-refractivity contribution is -0.0248. The Morgan fingerprint density at radius 1 is 1.23 bits per heavy atom. The number of morpholine rings is 1. The van der Waals surface area contributed by atoms with Gasteiger partial charge in [0.2, 0.25) is 0 Å². The van der Waals surface area contributed by atoms with Gasteiger partial charge < -0.3 is 19.7 Å². The van der Waals surface area contributed by atoms with E-state index in [2.05, 4.69) is 15.3 Å². The Morgan fingerprint density at radius 2 is 2.06 bits per heavy atom. The molecule has 3 heterocycles. The summed E-state index contributed by atoms with van der Waals surface area (Å²) in [6.45, 7) is 7.27. The standard InChI is InChI=1S/C23H26N4O3S/c1-14-6-5-7-18(21(14)29-4)22(28)27-8-9-30-20(12-27)19-11-17(10-15(2)24-19)26-23-25-16(3)13-31-23/h5-7,10-11,13,20H,8-9,12H2,1-4H3,(H,24,25,26)/t20-/m0/s1. The van der Waals surface area contributed by atoms with E-state index in [1.165, 1.54) is 0 Å². The van der Waals surface area contributed by atoms with Crippen LogP contribution in [0, 0.1) is 20.8 Å². The first-order chi connectivity index (χ1) is 14.9. The van der Waals surface area contributed by atoms with E-state index in [-0.39, 0.29) is 12.0 Å². The molecule has 0 saturated carbocycles. The smallest absolute Gasteiger partial charge is 0.257 e. The number of hydrogen-bond acceptors (Lipinski definition) is 7. The molecule has 31 heavy (non-hydrogen) atoms. The summed E-state index contributed by atoms with van der Waals surface area (Å²) in [7, 11) is 1.59. The summed E-state index contributed by atoms with van der Waals surface area (Å²) in [4.78, 5) is 24.2. The van der Waals surface area contributed by atoms with Gasteiger partial charge in [-0.1, -0.05) is 12.1 Å². The Kier molecular flexibility index (Phi) is 6.20. The lowest BCUT2D eigenvalue weighted by atomic mass is 10.1. The van der Waals surface area contributed by atoms with Crippen LogP contribution >= 0.6 is 11.3 Å². The monoisotopic (exact) mass is 438 g/mol. The normalized spacial score (nSPS) is 16.3. The van der Waals surface area contributed by atoms with Gasteiger partial charge in [0.1, 0.15) is 11.9 Å². The highest BCUT2D eigenvalue weighted by Gasteiger charge is 2.29. The van der Waals surface area contributed by atoms with Crippen LogP contribution in [0.25, 0.3) is 0 Å². The highest BCUT2D eigenvalue weighted by molar-refractivity contribution is 7.13. The van der Waals surface area contributed by atoms with E-state index in [4.69, 9.17) is 9.47 Å².